The summed E-state index contributed by atoms with van der Waals surface area (Å²) in [5.74, 6) is -0.966. The maximum atomic E-state index is 12.6. The molecule has 2 aliphatic heterocycles. The van der Waals surface area contributed by atoms with E-state index in [1.54, 1.807) is 23.1 Å². The number of carbonyl (C=O) groups excluding carboxylic acids is 1. The van der Waals surface area contributed by atoms with Crippen LogP contribution < -0.4 is 9.47 Å². The average Bonchev–Trinajstić information content (AvgIpc) is 3.30. The molecule has 10 heteroatoms. The van der Waals surface area contributed by atoms with Crippen molar-refractivity contribution < 1.29 is 32.0 Å². The number of hydrogen-bond donors (Lipinski definition) is 0. The molecule has 0 unspecified atom stereocenters. The third kappa shape index (κ3) is 2.87. The Morgan fingerprint density at radius 2 is 2.04 bits per heavy atom. The van der Waals surface area contributed by atoms with Gasteiger partial charge in [0.2, 0.25) is 6.79 Å². The van der Waals surface area contributed by atoms with Gasteiger partial charge in [0.1, 0.15) is 0 Å². The van der Waals surface area contributed by atoms with Crippen LogP contribution in [0.1, 0.15) is 34.4 Å². The Morgan fingerprint density at radius 1 is 1.24 bits per heavy atom. The fourth-order valence-electron chi connectivity index (χ4n) is 2.88. The fourth-order valence-corrected chi connectivity index (χ4v) is 2.88. The van der Waals surface area contributed by atoms with E-state index in [1.807, 2.05) is 0 Å². The van der Waals surface area contributed by atoms with Crippen LogP contribution in [0.25, 0.3) is 0 Å². The highest BCUT2D eigenvalue weighted by Crippen LogP contribution is 2.34. The lowest BCUT2D eigenvalue weighted by molar-refractivity contribution is -0.159. The molecule has 1 amide bonds. The molecule has 1 saturated heterocycles. The minimum Gasteiger partial charge on any atom is -0.454 e. The Labute approximate surface area is 139 Å². The maximum Gasteiger partial charge on any atom is 0.471 e. The van der Waals surface area contributed by atoms with Gasteiger partial charge in [-0.15, -0.1) is 0 Å². The van der Waals surface area contributed by atoms with Gasteiger partial charge in [0.05, 0.1) is 0 Å². The van der Waals surface area contributed by atoms with Gasteiger partial charge in [-0.1, -0.05) is 5.16 Å². The van der Waals surface area contributed by atoms with Crippen LogP contribution in [0.4, 0.5) is 13.2 Å². The zero-order chi connectivity index (χ0) is 17.6. The Kier molecular flexibility index (Phi) is 3.55. The second kappa shape index (κ2) is 5.64. The molecule has 1 fully saturated rings. The lowest BCUT2D eigenvalue weighted by Gasteiger charge is -2.16. The third-order valence-electron chi connectivity index (χ3n) is 4.14. The summed E-state index contributed by atoms with van der Waals surface area (Å²) in [5.41, 5.74) is 0.425. The molecule has 0 saturated carbocycles. The van der Waals surface area contributed by atoms with Gasteiger partial charge in [-0.05, 0) is 24.6 Å². The molecule has 1 atom stereocenters. The molecular formula is C15H12F3N3O4. The summed E-state index contributed by atoms with van der Waals surface area (Å²) in [5, 5.41) is 3.40. The Bertz CT molecular complexity index is 821. The summed E-state index contributed by atoms with van der Waals surface area (Å²) in [6.45, 7) is 0.732. The van der Waals surface area contributed by atoms with Gasteiger partial charge in [0.25, 0.3) is 5.91 Å². The smallest absolute Gasteiger partial charge is 0.454 e. The number of halogens is 3. The number of hydrogen-bond acceptors (Lipinski definition) is 6. The van der Waals surface area contributed by atoms with Crippen molar-refractivity contribution in [1.29, 1.82) is 0 Å². The highest BCUT2D eigenvalue weighted by molar-refractivity contribution is 5.95. The molecule has 25 heavy (non-hydrogen) atoms. The monoisotopic (exact) mass is 355 g/mol. The van der Waals surface area contributed by atoms with Crippen molar-refractivity contribution in [2.75, 3.05) is 19.9 Å². The number of amides is 1. The summed E-state index contributed by atoms with van der Waals surface area (Å²) < 4.78 is 52.3. The SMILES string of the molecule is O=C(c1ccc2c(c1)OCO2)N1CC[C@H](c2noc(C(F)(F)F)n2)C1. The van der Waals surface area contributed by atoms with Crippen LogP contribution in [0.3, 0.4) is 0 Å². The number of benzene rings is 1. The molecule has 2 aromatic rings. The fraction of sp³-hybridized carbons (Fsp3) is 0.400. The number of rotatable bonds is 2. The molecule has 0 N–H and O–H groups in total. The van der Waals surface area contributed by atoms with E-state index in [4.69, 9.17) is 9.47 Å². The van der Waals surface area contributed by atoms with Crippen molar-refractivity contribution in [3.8, 4) is 11.5 Å². The van der Waals surface area contributed by atoms with Crippen LogP contribution >= 0.6 is 0 Å². The minimum atomic E-state index is -4.67. The quantitative estimate of drug-likeness (QED) is 0.824. The number of nitrogens with zero attached hydrogens (tertiary/aromatic N) is 3. The first-order valence-corrected chi connectivity index (χ1v) is 7.51. The van der Waals surface area contributed by atoms with Crippen molar-refractivity contribution in [3.05, 3.63) is 35.5 Å². The summed E-state index contributed by atoms with van der Waals surface area (Å²) in [4.78, 5) is 17.5. The van der Waals surface area contributed by atoms with Gasteiger partial charge in [-0.2, -0.15) is 18.2 Å². The van der Waals surface area contributed by atoms with Crippen molar-refractivity contribution in [1.82, 2.24) is 15.0 Å². The van der Waals surface area contributed by atoms with E-state index < -0.39 is 18.0 Å². The molecule has 2 aliphatic rings. The number of likely N-dealkylation sites (tertiary alicyclic amines) is 1. The van der Waals surface area contributed by atoms with E-state index in [-0.39, 0.29) is 25.1 Å². The van der Waals surface area contributed by atoms with Gasteiger partial charge < -0.3 is 18.9 Å². The lowest BCUT2D eigenvalue weighted by Crippen LogP contribution is -2.28. The first-order valence-electron chi connectivity index (χ1n) is 7.51. The van der Waals surface area contributed by atoms with E-state index >= 15 is 0 Å². The van der Waals surface area contributed by atoms with Crippen LogP contribution in [-0.2, 0) is 6.18 Å². The number of ether oxygens (including phenoxy) is 2. The Hall–Kier alpha value is -2.78. The molecule has 0 bridgehead atoms. The largest absolute Gasteiger partial charge is 0.471 e. The molecule has 7 nitrogen and oxygen atoms in total. The molecule has 1 aromatic carbocycles. The van der Waals surface area contributed by atoms with Crippen LogP contribution in [0.15, 0.2) is 22.7 Å². The second-order valence-corrected chi connectivity index (χ2v) is 5.76. The van der Waals surface area contributed by atoms with E-state index in [1.165, 1.54) is 0 Å². The molecule has 3 heterocycles. The zero-order valence-electron chi connectivity index (χ0n) is 12.7. The zero-order valence-corrected chi connectivity index (χ0v) is 12.7. The van der Waals surface area contributed by atoms with Crippen LogP contribution in [0.5, 0.6) is 11.5 Å². The van der Waals surface area contributed by atoms with Crippen molar-refractivity contribution in [3.63, 3.8) is 0 Å². The predicted octanol–water partition coefficient (Wildman–Crippen LogP) is 2.45. The van der Waals surface area contributed by atoms with Crippen LogP contribution in [-0.4, -0.2) is 40.8 Å². The van der Waals surface area contributed by atoms with Crippen LogP contribution in [0, 0.1) is 0 Å². The van der Waals surface area contributed by atoms with Crippen molar-refractivity contribution in [2.24, 2.45) is 0 Å². The van der Waals surface area contributed by atoms with Crippen molar-refractivity contribution in [2.45, 2.75) is 18.5 Å². The molecule has 0 spiro atoms. The van der Waals surface area contributed by atoms with Gasteiger partial charge in [0, 0.05) is 24.6 Å². The molecule has 1 aromatic heterocycles. The first kappa shape index (κ1) is 15.7. The molecule has 132 valence electrons. The third-order valence-corrected chi connectivity index (χ3v) is 4.14. The predicted molar refractivity (Wildman–Crippen MR) is 75.1 cm³/mol. The number of fused-ring (bicyclic) bond motifs is 1. The number of carbonyl (C=O) groups is 1. The summed E-state index contributed by atoms with van der Waals surface area (Å²) >= 11 is 0. The molecular weight excluding hydrogens is 343 g/mol. The van der Waals surface area contributed by atoms with Gasteiger partial charge in [-0.3, -0.25) is 4.79 Å². The standard InChI is InChI=1S/C15H12F3N3O4/c16-15(17,18)14-19-12(20-25-14)9-3-4-21(6-9)13(22)8-1-2-10-11(5-8)24-7-23-10/h1-2,5,9H,3-4,6-7H2/t9-/m0/s1. The number of aromatic nitrogens is 2. The van der Waals surface area contributed by atoms with E-state index in [2.05, 4.69) is 14.7 Å². The molecule has 4 rings (SSSR count). The van der Waals surface area contributed by atoms with Gasteiger partial charge in [-0.25, -0.2) is 0 Å². The highest BCUT2D eigenvalue weighted by Gasteiger charge is 2.40. The van der Waals surface area contributed by atoms with E-state index in [0.29, 0.717) is 30.0 Å². The average molecular weight is 355 g/mol. The maximum absolute atomic E-state index is 12.6. The summed E-state index contributed by atoms with van der Waals surface area (Å²) in [6.07, 6.45) is -4.21. The molecule has 0 aliphatic carbocycles. The Morgan fingerprint density at radius 3 is 2.80 bits per heavy atom. The Balaban J connectivity index is 1.47. The second-order valence-electron chi connectivity index (χ2n) is 5.76. The van der Waals surface area contributed by atoms with E-state index in [0.717, 1.165) is 0 Å². The highest BCUT2D eigenvalue weighted by atomic mass is 19.4. The summed E-state index contributed by atoms with van der Waals surface area (Å²) in [6, 6.07) is 4.87. The summed E-state index contributed by atoms with van der Waals surface area (Å²) in [7, 11) is 0. The van der Waals surface area contributed by atoms with Gasteiger partial charge in [0.15, 0.2) is 17.3 Å². The lowest BCUT2D eigenvalue weighted by atomic mass is 10.1. The van der Waals surface area contributed by atoms with E-state index in [9.17, 15) is 18.0 Å². The first-order chi connectivity index (χ1) is 11.9. The molecule has 0 radical (unpaired) electrons. The van der Waals surface area contributed by atoms with Gasteiger partial charge >= 0.3 is 12.1 Å². The normalized spacial score (nSPS) is 19.5. The minimum absolute atomic E-state index is 0.0340. The topological polar surface area (TPSA) is 77.7 Å². The number of alkyl halides is 3. The van der Waals surface area contributed by atoms with Crippen LogP contribution in [0.2, 0.25) is 0 Å². The van der Waals surface area contributed by atoms with Crippen molar-refractivity contribution >= 4 is 5.91 Å².